The molecule has 0 aromatic heterocycles. The minimum atomic E-state index is -0.802. The van der Waals surface area contributed by atoms with Crippen LogP contribution >= 0.6 is 11.8 Å². The summed E-state index contributed by atoms with van der Waals surface area (Å²) in [5.41, 5.74) is -0.0526. The molecular weight excluding hydrogens is 258 g/mol. The summed E-state index contributed by atoms with van der Waals surface area (Å²) in [5.74, 6) is -1.02. The van der Waals surface area contributed by atoms with E-state index in [0.717, 1.165) is 24.3 Å². The summed E-state index contributed by atoms with van der Waals surface area (Å²) in [6, 6.07) is 3.02. The van der Waals surface area contributed by atoms with Crippen molar-refractivity contribution in [2.45, 2.75) is 18.6 Å². The molecule has 1 unspecified atom stereocenters. The highest BCUT2D eigenvalue weighted by Crippen LogP contribution is 2.19. The zero-order valence-electron chi connectivity index (χ0n) is 10.4. The molecule has 0 saturated heterocycles. The molecule has 0 radical (unpaired) electrons. The lowest BCUT2D eigenvalue weighted by molar-refractivity contribution is 0.0990. The summed E-state index contributed by atoms with van der Waals surface area (Å²) >= 11 is 1.44. The van der Waals surface area contributed by atoms with Crippen molar-refractivity contribution in [3.63, 3.8) is 0 Å². The van der Waals surface area contributed by atoms with Crippen LogP contribution in [0.1, 0.15) is 23.7 Å². The van der Waals surface area contributed by atoms with E-state index in [1.165, 1.54) is 17.8 Å². The van der Waals surface area contributed by atoms with Gasteiger partial charge in [0.05, 0.1) is 10.8 Å². The number of hydrogen-bond donors (Lipinski definition) is 0. The van der Waals surface area contributed by atoms with E-state index in [1.807, 2.05) is 0 Å². The van der Waals surface area contributed by atoms with Gasteiger partial charge in [-0.1, -0.05) is 0 Å². The first kappa shape index (κ1) is 15.1. The molecule has 0 aliphatic rings. The van der Waals surface area contributed by atoms with E-state index < -0.39 is 11.6 Å². The van der Waals surface area contributed by atoms with Gasteiger partial charge >= 0.3 is 0 Å². The van der Waals surface area contributed by atoms with Crippen LogP contribution in [0.15, 0.2) is 18.2 Å². The Morgan fingerprint density at radius 1 is 1.44 bits per heavy atom. The minimum Gasteiger partial charge on any atom is -0.385 e. The van der Waals surface area contributed by atoms with Gasteiger partial charge in [0, 0.05) is 19.8 Å². The monoisotopic (exact) mass is 274 g/mol. The summed E-state index contributed by atoms with van der Waals surface area (Å²) in [5, 5.41) is -0.346. The number of ether oxygens (including phenoxy) is 1. The number of methoxy groups -OCH3 is 1. The molecule has 0 aliphatic carbocycles. The number of carbonyl (C=O) groups excluding carboxylic acids is 1. The molecule has 18 heavy (non-hydrogen) atoms. The second-order valence-electron chi connectivity index (χ2n) is 3.85. The fourth-order valence-corrected chi connectivity index (χ4v) is 2.36. The highest BCUT2D eigenvalue weighted by atomic mass is 32.2. The van der Waals surface area contributed by atoms with Gasteiger partial charge < -0.3 is 4.74 Å². The van der Waals surface area contributed by atoms with Gasteiger partial charge in [0.2, 0.25) is 0 Å². The molecule has 2 nitrogen and oxygen atoms in total. The number of carbonyl (C=O) groups is 1. The Morgan fingerprint density at radius 3 is 2.78 bits per heavy atom. The van der Waals surface area contributed by atoms with Crippen LogP contribution in [0.3, 0.4) is 0 Å². The minimum absolute atomic E-state index is 0.0526. The topological polar surface area (TPSA) is 26.3 Å². The average Bonchev–Trinajstić information content (AvgIpc) is 2.33. The van der Waals surface area contributed by atoms with Gasteiger partial charge in [-0.2, -0.15) is 11.8 Å². The van der Waals surface area contributed by atoms with Gasteiger partial charge in [0.1, 0.15) is 11.6 Å². The molecule has 0 N–H and O–H groups in total. The zero-order valence-corrected chi connectivity index (χ0v) is 11.2. The molecule has 1 aromatic carbocycles. The fraction of sp³-hybridized carbons (Fsp3) is 0.462. The largest absolute Gasteiger partial charge is 0.385 e. The Hall–Kier alpha value is -0.940. The van der Waals surface area contributed by atoms with Gasteiger partial charge in [-0.3, -0.25) is 4.79 Å². The van der Waals surface area contributed by atoms with Crippen LogP contribution in [-0.2, 0) is 4.74 Å². The summed E-state index contributed by atoms with van der Waals surface area (Å²) in [4.78, 5) is 11.9. The third-order valence-corrected chi connectivity index (χ3v) is 3.66. The Balaban J connectivity index is 2.57. The van der Waals surface area contributed by atoms with Crippen molar-refractivity contribution < 1.29 is 18.3 Å². The summed E-state index contributed by atoms with van der Waals surface area (Å²) < 4.78 is 31.0. The van der Waals surface area contributed by atoms with Crippen LogP contribution in [0.4, 0.5) is 8.78 Å². The Bertz CT molecular complexity index is 410. The first-order valence-electron chi connectivity index (χ1n) is 5.66. The predicted octanol–water partition coefficient (Wildman–Crippen LogP) is 3.31. The number of rotatable bonds is 7. The number of thioether (sulfide) groups is 1. The molecule has 0 saturated carbocycles. The molecule has 0 amide bonds. The number of hydrogen-bond acceptors (Lipinski definition) is 3. The maximum atomic E-state index is 13.4. The Kier molecular flexibility index (Phi) is 6.29. The highest BCUT2D eigenvalue weighted by molar-refractivity contribution is 8.00. The standard InChI is InChI=1S/C13H16F2O2S/c1-9(18-7-3-6-17-2)13(16)11-5-4-10(14)8-12(11)15/h4-5,8-9H,3,6-7H2,1-2H3. The van der Waals surface area contributed by atoms with Crippen LogP contribution in [0.25, 0.3) is 0 Å². The lowest BCUT2D eigenvalue weighted by Gasteiger charge is -2.10. The molecule has 0 bridgehead atoms. The van der Waals surface area contributed by atoms with Crippen LogP contribution in [0, 0.1) is 11.6 Å². The quantitative estimate of drug-likeness (QED) is 0.563. The van der Waals surface area contributed by atoms with E-state index in [2.05, 4.69) is 0 Å². The molecular formula is C13H16F2O2S. The third kappa shape index (κ3) is 4.38. The Labute approximate surface area is 110 Å². The van der Waals surface area contributed by atoms with Crippen molar-refractivity contribution in [1.29, 1.82) is 0 Å². The fourth-order valence-electron chi connectivity index (χ4n) is 1.45. The maximum Gasteiger partial charge on any atom is 0.178 e. The molecule has 0 spiro atoms. The summed E-state index contributed by atoms with van der Waals surface area (Å²) in [7, 11) is 1.62. The molecule has 1 atom stereocenters. The first-order valence-corrected chi connectivity index (χ1v) is 6.71. The number of benzene rings is 1. The van der Waals surface area contributed by atoms with E-state index in [-0.39, 0.29) is 16.6 Å². The van der Waals surface area contributed by atoms with E-state index in [9.17, 15) is 13.6 Å². The van der Waals surface area contributed by atoms with Crippen molar-refractivity contribution in [1.82, 2.24) is 0 Å². The molecule has 100 valence electrons. The highest BCUT2D eigenvalue weighted by Gasteiger charge is 2.19. The van der Waals surface area contributed by atoms with Gasteiger partial charge in [0.25, 0.3) is 0 Å². The lowest BCUT2D eigenvalue weighted by Crippen LogP contribution is -2.16. The lowest BCUT2D eigenvalue weighted by atomic mass is 10.1. The van der Waals surface area contributed by atoms with Crippen molar-refractivity contribution in [3.05, 3.63) is 35.4 Å². The Morgan fingerprint density at radius 2 is 2.17 bits per heavy atom. The zero-order chi connectivity index (χ0) is 13.5. The van der Waals surface area contributed by atoms with Crippen LogP contribution < -0.4 is 0 Å². The first-order chi connectivity index (χ1) is 8.56. The average molecular weight is 274 g/mol. The van der Waals surface area contributed by atoms with Crippen molar-refractivity contribution >= 4 is 17.5 Å². The van der Waals surface area contributed by atoms with Gasteiger partial charge in [-0.05, 0) is 31.2 Å². The molecule has 1 rings (SSSR count). The summed E-state index contributed by atoms with van der Waals surface area (Å²) in [6.07, 6.45) is 0.838. The van der Waals surface area contributed by atoms with E-state index >= 15 is 0 Å². The summed E-state index contributed by atoms with van der Waals surface area (Å²) in [6.45, 7) is 2.36. The molecule has 1 aromatic rings. The van der Waals surface area contributed by atoms with E-state index in [4.69, 9.17) is 4.74 Å². The SMILES string of the molecule is COCCCSC(C)C(=O)c1ccc(F)cc1F. The second-order valence-corrected chi connectivity index (χ2v) is 5.30. The van der Waals surface area contributed by atoms with Crippen LogP contribution in [0.2, 0.25) is 0 Å². The number of Topliss-reactive ketones (excluding diaryl/α,β-unsaturated/α-hetero) is 1. The second kappa shape index (κ2) is 7.48. The van der Waals surface area contributed by atoms with E-state index in [0.29, 0.717) is 6.61 Å². The number of ketones is 1. The molecule has 0 aliphatic heterocycles. The maximum absolute atomic E-state index is 13.4. The van der Waals surface area contributed by atoms with Crippen molar-refractivity contribution in [3.8, 4) is 0 Å². The van der Waals surface area contributed by atoms with Crippen LogP contribution in [0.5, 0.6) is 0 Å². The third-order valence-electron chi connectivity index (χ3n) is 2.43. The molecule has 5 heteroatoms. The molecule has 0 fully saturated rings. The smallest absolute Gasteiger partial charge is 0.178 e. The van der Waals surface area contributed by atoms with Crippen molar-refractivity contribution in [2.75, 3.05) is 19.5 Å². The van der Waals surface area contributed by atoms with Crippen molar-refractivity contribution in [2.24, 2.45) is 0 Å². The van der Waals surface area contributed by atoms with E-state index in [1.54, 1.807) is 14.0 Å². The number of halogens is 2. The van der Waals surface area contributed by atoms with Gasteiger partial charge in [-0.15, -0.1) is 0 Å². The molecule has 0 heterocycles. The van der Waals surface area contributed by atoms with Gasteiger partial charge in [-0.25, -0.2) is 8.78 Å². The van der Waals surface area contributed by atoms with Gasteiger partial charge in [0.15, 0.2) is 5.78 Å². The predicted molar refractivity (Wildman–Crippen MR) is 69.1 cm³/mol. The normalized spacial score (nSPS) is 12.4. The van der Waals surface area contributed by atoms with Crippen LogP contribution in [-0.4, -0.2) is 30.5 Å².